The maximum absolute atomic E-state index is 12.4. The molecule has 0 aromatic heterocycles. The van der Waals surface area contributed by atoms with Gasteiger partial charge in [0, 0.05) is 12.8 Å². The molecule has 0 radical (unpaired) electrons. The van der Waals surface area contributed by atoms with E-state index in [0.717, 1.165) is 51.4 Å². The van der Waals surface area contributed by atoms with Crippen LogP contribution in [0.1, 0.15) is 296 Å². The van der Waals surface area contributed by atoms with Gasteiger partial charge in [0.25, 0.3) is 0 Å². The van der Waals surface area contributed by atoms with E-state index in [1.165, 1.54) is 218 Å². The summed E-state index contributed by atoms with van der Waals surface area (Å²) < 4.78 is 5.47. The summed E-state index contributed by atoms with van der Waals surface area (Å²) in [4.78, 5) is 24.4. The number of carbonyl (C=O) groups excluding carboxylic acids is 2. The van der Waals surface area contributed by atoms with Crippen molar-refractivity contribution in [3.8, 4) is 0 Å². The van der Waals surface area contributed by atoms with Crippen LogP contribution >= 0.6 is 0 Å². The topological polar surface area (TPSA) is 95.9 Å². The van der Waals surface area contributed by atoms with Gasteiger partial charge in [-0.15, -0.1) is 0 Å². The summed E-state index contributed by atoms with van der Waals surface area (Å²) in [6.45, 7) is 4.85. The van der Waals surface area contributed by atoms with Crippen molar-refractivity contribution in [1.29, 1.82) is 0 Å². The molecule has 2 atom stereocenters. The number of esters is 1. The first kappa shape index (κ1) is 62.1. The van der Waals surface area contributed by atoms with Crippen molar-refractivity contribution in [1.82, 2.24) is 5.32 Å². The van der Waals surface area contributed by atoms with Crippen LogP contribution in [0.2, 0.25) is 0 Å². The van der Waals surface area contributed by atoms with Crippen LogP contribution in [0, 0.1) is 0 Å². The summed E-state index contributed by atoms with van der Waals surface area (Å²) in [6, 6.07) is -0.626. The molecule has 0 fully saturated rings. The van der Waals surface area contributed by atoms with Gasteiger partial charge >= 0.3 is 5.97 Å². The highest BCUT2D eigenvalue weighted by atomic mass is 16.5. The van der Waals surface area contributed by atoms with Crippen molar-refractivity contribution in [2.75, 3.05) is 13.2 Å². The predicted octanol–water partition coefficient (Wildman–Crippen LogP) is 17.2. The molecule has 6 nitrogen and oxygen atoms in total. The van der Waals surface area contributed by atoms with E-state index in [2.05, 4.69) is 43.5 Å². The van der Waals surface area contributed by atoms with Gasteiger partial charge in [-0.2, -0.15) is 0 Å². The molecule has 2 unspecified atom stereocenters. The van der Waals surface area contributed by atoms with Gasteiger partial charge in [-0.25, -0.2) is 0 Å². The number of hydrogen-bond acceptors (Lipinski definition) is 5. The highest BCUT2D eigenvalue weighted by Gasteiger charge is 2.18. The molecule has 0 heterocycles. The molecule has 0 saturated carbocycles. The van der Waals surface area contributed by atoms with Crippen LogP contribution in [-0.4, -0.2) is 47.4 Å². The average Bonchev–Trinajstić information content (AvgIpc) is 3.29. The Kier molecular flexibility index (Phi) is 52.1. The monoisotopic (exact) mass is 900 g/mol. The Hall–Kier alpha value is -1.92. The minimum Gasteiger partial charge on any atom is -0.466 e. The summed E-state index contributed by atoms with van der Waals surface area (Å²) >= 11 is 0. The van der Waals surface area contributed by atoms with Crippen LogP contribution in [0.5, 0.6) is 0 Å². The number of amides is 1. The van der Waals surface area contributed by atoms with Crippen LogP contribution in [0.3, 0.4) is 0 Å². The SMILES string of the molecule is CCCCC/C=C\C/C=C\CCCCCCCC(=O)OCCCCCCCCCCCCCCCCCCCCCCCCC(=O)NC(CO)C(O)/C=C/CCCCCCCCCC. The second-order valence-corrected chi connectivity index (χ2v) is 19.3. The maximum atomic E-state index is 12.4. The third-order valence-corrected chi connectivity index (χ3v) is 12.9. The van der Waals surface area contributed by atoms with Crippen LogP contribution in [0.4, 0.5) is 0 Å². The normalized spacial score (nSPS) is 12.9. The highest BCUT2D eigenvalue weighted by molar-refractivity contribution is 5.76. The Morgan fingerprint density at radius 1 is 0.438 bits per heavy atom. The van der Waals surface area contributed by atoms with E-state index in [-0.39, 0.29) is 18.5 Å². The molecule has 0 aromatic carbocycles. The second kappa shape index (κ2) is 53.7. The van der Waals surface area contributed by atoms with Crippen molar-refractivity contribution in [3.63, 3.8) is 0 Å². The van der Waals surface area contributed by atoms with E-state index in [9.17, 15) is 19.8 Å². The van der Waals surface area contributed by atoms with E-state index in [0.29, 0.717) is 19.4 Å². The summed E-state index contributed by atoms with van der Waals surface area (Å²) in [5.41, 5.74) is 0. The van der Waals surface area contributed by atoms with Crippen molar-refractivity contribution < 1.29 is 24.5 Å². The molecule has 0 aliphatic heterocycles. The molecule has 376 valence electrons. The third kappa shape index (κ3) is 49.5. The number of aliphatic hydroxyl groups is 2. The van der Waals surface area contributed by atoms with Crippen molar-refractivity contribution in [2.45, 2.75) is 309 Å². The van der Waals surface area contributed by atoms with Crippen LogP contribution < -0.4 is 5.32 Å². The molecule has 0 bridgehead atoms. The number of carbonyl (C=O) groups is 2. The fourth-order valence-corrected chi connectivity index (χ4v) is 8.55. The van der Waals surface area contributed by atoms with Gasteiger partial charge in [0.1, 0.15) is 0 Å². The molecular formula is C58H109NO5. The summed E-state index contributed by atoms with van der Waals surface area (Å²) in [5.74, 6) is -0.0722. The minimum absolute atomic E-state index is 0.00181. The highest BCUT2D eigenvalue weighted by Crippen LogP contribution is 2.17. The number of ether oxygens (including phenoxy) is 1. The standard InChI is InChI=1S/C58H109NO5/c1-3-5-7-9-11-13-15-16-25-29-32-36-40-44-48-52-58(63)64-53-49-45-41-37-33-30-27-24-22-20-18-17-19-21-23-26-28-31-35-39-43-47-51-57(62)59-55(54-60)56(61)50-46-42-38-34-14-12-10-8-6-4-2/h11,13,16,25,46,50,55-56,60-61H,3-10,12,14-15,17-24,26-45,47-49,51-54H2,1-2H3,(H,59,62)/b13-11-,25-16-,50-46+. The lowest BCUT2D eigenvalue weighted by molar-refractivity contribution is -0.143. The summed E-state index contributed by atoms with van der Waals surface area (Å²) in [5, 5.41) is 23.0. The first-order valence-corrected chi connectivity index (χ1v) is 28.3. The lowest BCUT2D eigenvalue weighted by Gasteiger charge is -2.20. The Bertz CT molecular complexity index is 1040. The molecule has 1 amide bonds. The molecule has 0 rings (SSSR count). The summed E-state index contributed by atoms with van der Waals surface area (Å²) in [6.07, 6.45) is 66.0. The van der Waals surface area contributed by atoms with Crippen molar-refractivity contribution in [2.24, 2.45) is 0 Å². The van der Waals surface area contributed by atoms with Gasteiger partial charge in [0.2, 0.25) is 5.91 Å². The molecule has 0 aliphatic carbocycles. The first-order chi connectivity index (χ1) is 31.5. The number of allylic oxidation sites excluding steroid dienone is 5. The quantitative estimate of drug-likeness (QED) is 0.0321. The smallest absolute Gasteiger partial charge is 0.305 e. The third-order valence-electron chi connectivity index (χ3n) is 12.9. The average molecular weight is 901 g/mol. The Morgan fingerprint density at radius 3 is 1.22 bits per heavy atom. The molecule has 0 spiro atoms. The fourth-order valence-electron chi connectivity index (χ4n) is 8.55. The zero-order chi connectivity index (χ0) is 46.5. The number of rotatable bonds is 52. The molecule has 0 aliphatic rings. The Balaban J connectivity index is 3.38. The zero-order valence-electron chi connectivity index (χ0n) is 42.8. The molecule has 0 saturated heterocycles. The maximum Gasteiger partial charge on any atom is 0.305 e. The predicted molar refractivity (Wildman–Crippen MR) is 278 cm³/mol. The number of unbranched alkanes of at least 4 members (excludes halogenated alkanes) is 37. The van der Waals surface area contributed by atoms with Gasteiger partial charge in [0.05, 0.1) is 25.4 Å². The number of aliphatic hydroxyl groups excluding tert-OH is 2. The minimum atomic E-state index is -0.843. The summed E-state index contributed by atoms with van der Waals surface area (Å²) in [7, 11) is 0. The molecular weight excluding hydrogens is 791 g/mol. The number of nitrogens with one attached hydrogen (secondary N) is 1. The van der Waals surface area contributed by atoms with Crippen molar-refractivity contribution in [3.05, 3.63) is 36.5 Å². The lowest BCUT2D eigenvalue weighted by Crippen LogP contribution is -2.45. The van der Waals surface area contributed by atoms with E-state index < -0.39 is 12.1 Å². The van der Waals surface area contributed by atoms with Gasteiger partial charge in [-0.3, -0.25) is 9.59 Å². The lowest BCUT2D eigenvalue weighted by atomic mass is 10.0. The Morgan fingerprint density at radius 2 is 0.781 bits per heavy atom. The molecule has 0 aromatic rings. The van der Waals surface area contributed by atoms with Crippen LogP contribution in [-0.2, 0) is 14.3 Å². The first-order valence-electron chi connectivity index (χ1n) is 28.3. The van der Waals surface area contributed by atoms with Gasteiger partial charge < -0.3 is 20.3 Å². The fraction of sp³-hybridized carbons (Fsp3) is 0.862. The van der Waals surface area contributed by atoms with Gasteiger partial charge in [-0.1, -0.05) is 256 Å². The van der Waals surface area contributed by atoms with E-state index >= 15 is 0 Å². The zero-order valence-corrected chi connectivity index (χ0v) is 42.8. The van der Waals surface area contributed by atoms with Crippen molar-refractivity contribution >= 4 is 11.9 Å². The van der Waals surface area contributed by atoms with E-state index in [4.69, 9.17) is 4.74 Å². The van der Waals surface area contributed by atoms with Crippen LogP contribution in [0.15, 0.2) is 36.5 Å². The molecule has 6 heteroatoms. The van der Waals surface area contributed by atoms with Crippen LogP contribution in [0.25, 0.3) is 0 Å². The van der Waals surface area contributed by atoms with Gasteiger partial charge in [-0.05, 0) is 64.2 Å². The number of hydrogen-bond donors (Lipinski definition) is 3. The second-order valence-electron chi connectivity index (χ2n) is 19.3. The molecule has 3 N–H and O–H groups in total. The van der Waals surface area contributed by atoms with E-state index in [1.807, 2.05) is 6.08 Å². The largest absolute Gasteiger partial charge is 0.466 e. The van der Waals surface area contributed by atoms with E-state index in [1.54, 1.807) is 6.08 Å². The Labute approximate surface area is 398 Å². The van der Waals surface area contributed by atoms with Gasteiger partial charge in [0.15, 0.2) is 0 Å². The molecule has 64 heavy (non-hydrogen) atoms.